The van der Waals surface area contributed by atoms with Crippen molar-refractivity contribution >= 4 is 0 Å². The number of H-pyrrole nitrogens is 1. The van der Waals surface area contributed by atoms with Gasteiger partial charge in [0.15, 0.2) is 12.7 Å². The van der Waals surface area contributed by atoms with Gasteiger partial charge in [-0.25, -0.2) is 0 Å². The van der Waals surface area contributed by atoms with Crippen molar-refractivity contribution in [1.82, 2.24) is 5.10 Å². The van der Waals surface area contributed by atoms with Crippen molar-refractivity contribution < 1.29 is 4.68 Å². The van der Waals surface area contributed by atoms with Crippen molar-refractivity contribution in [2.45, 2.75) is 59.4 Å². The summed E-state index contributed by atoms with van der Waals surface area (Å²) in [7, 11) is 0. The Kier molecular flexibility index (Phi) is 4.24. The number of rotatable bonds is 4. The topological polar surface area (TPSA) is 19.7 Å². The number of aryl methyl sites for hydroxylation is 1. The Bertz CT molecular complexity index is 688. The molecular formula is C22H31N2+. The first-order valence-corrected chi connectivity index (χ1v) is 9.77. The second kappa shape index (κ2) is 6.38. The van der Waals surface area contributed by atoms with Crippen LogP contribution in [0.1, 0.15) is 49.6 Å². The number of aromatic nitrogens is 2. The highest BCUT2D eigenvalue weighted by atomic mass is 15.3. The quantitative estimate of drug-likeness (QED) is 0.817. The van der Waals surface area contributed by atoms with Gasteiger partial charge in [0.2, 0.25) is 0 Å². The lowest BCUT2D eigenvalue weighted by Crippen LogP contribution is -2.40. The number of hydrogen-bond donors (Lipinski definition) is 1. The van der Waals surface area contributed by atoms with E-state index in [9.17, 15) is 0 Å². The molecule has 2 aliphatic rings. The van der Waals surface area contributed by atoms with Crippen LogP contribution in [0.5, 0.6) is 0 Å². The van der Waals surface area contributed by atoms with E-state index in [1.165, 1.54) is 37.8 Å². The zero-order chi connectivity index (χ0) is 16.7. The molecule has 2 aromatic rings. The molecule has 1 N–H and O–H groups in total. The highest BCUT2D eigenvalue weighted by Gasteiger charge is 2.30. The van der Waals surface area contributed by atoms with Crippen LogP contribution in [0.4, 0.5) is 0 Å². The van der Waals surface area contributed by atoms with Gasteiger partial charge in [-0.15, -0.1) is 4.68 Å². The summed E-state index contributed by atoms with van der Waals surface area (Å²) in [6.07, 6.45) is 8.76. The molecule has 1 heterocycles. The molecule has 0 fully saturated rings. The second-order valence-corrected chi connectivity index (χ2v) is 8.56. The fourth-order valence-corrected chi connectivity index (χ4v) is 4.76. The van der Waals surface area contributed by atoms with Gasteiger partial charge in [0.05, 0.1) is 5.69 Å². The Labute approximate surface area is 146 Å². The summed E-state index contributed by atoms with van der Waals surface area (Å²) < 4.78 is 2.38. The third kappa shape index (κ3) is 3.03. The summed E-state index contributed by atoms with van der Waals surface area (Å²) >= 11 is 0. The molecule has 0 bridgehead atoms. The number of nitrogens with zero attached hydrogens (tertiary/aromatic N) is 1. The summed E-state index contributed by atoms with van der Waals surface area (Å²) in [6, 6.07) is 9.00. The third-order valence-electron chi connectivity index (χ3n) is 6.54. The first-order valence-electron chi connectivity index (χ1n) is 9.77. The Balaban J connectivity index is 1.42. The van der Waals surface area contributed by atoms with Gasteiger partial charge >= 0.3 is 0 Å². The average Bonchev–Trinajstić information content (AvgIpc) is 3.17. The van der Waals surface area contributed by atoms with E-state index in [0.29, 0.717) is 5.92 Å². The summed E-state index contributed by atoms with van der Waals surface area (Å²) in [5.41, 5.74) is 6.21. The molecule has 24 heavy (non-hydrogen) atoms. The largest absolute Gasteiger partial charge is 0.198 e. The minimum absolute atomic E-state index is 0.711. The van der Waals surface area contributed by atoms with Gasteiger partial charge in [0, 0.05) is 11.5 Å². The summed E-state index contributed by atoms with van der Waals surface area (Å²) in [5.74, 6) is 3.15. The van der Waals surface area contributed by atoms with Crippen molar-refractivity contribution in [3.05, 3.63) is 52.8 Å². The Hall–Kier alpha value is -1.57. The minimum Gasteiger partial charge on any atom is -0.170 e. The minimum atomic E-state index is 0.711. The standard InChI is InChI=1S/C22H30N2/c1-15(2)17-8-9-20-14-24(23-22(20)12-17)13-16(3)21-10-18-6-4-5-7-19(18)11-21/h4-7,14-17,21H,8-13H2,1-3H3/p+1. The first-order chi connectivity index (χ1) is 11.6. The van der Waals surface area contributed by atoms with Crippen molar-refractivity contribution in [2.24, 2.45) is 23.7 Å². The molecule has 2 aliphatic carbocycles. The normalized spacial score (nSPS) is 21.8. The van der Waals surface area contributed by atoms with Crippen LogP contribution in [0.3, 0.4) is 0 Å². The monoisotopic (exact) mass is 323 g/mol. The summed E-state index contributed by atoms with van der Waals surface area (Å²) in [4.78, 5) is 0. The highest BCUT2D eigenvalue weighted by molar-refractivity contribution is 5.32. The lowest BCUT2D eigenvalue weighted by Gasteiger charge is -2.23. The fourth-order valence-electron chi connectivity index (χ4n) is 4.76. The van der Waals surface area contributed by atoms with E-state index in [0.717, 1.165) is 24.3 Å². The first kappa shape index (κ1) is 15.9. The molecular weight excluding hydrogens is 292 g/mol. The van der Waals surface area contributed by atoms with Gasteiger partial charge in [-0.2, -0.15) is 5.10 Å². The van der Waals surface area contributed by atoms with Gasteiger partial charge in [0.25, 0.3) is 0 Å². The zero-order valence-corrected chi connectivity index (χ0v) is 15.4. The van der Waals surface area contributed by atoms with Crippen LogP contribution in [-0.2, 0) is 32.2 Å². The zero-order valence-electron chi connectivity index (χ0n) is 15.4. The van der Waals surface area contributed by atoms with Crippen molar-refractivity contribution in [2.75, 3.05) is 0 Å². The highest BCUT2D eigenvalue weighted by Crippen LogP contribution is 2.32. The molecule has 0 spiro atoms. The van der Waals surface area contributed by atoms with E-state index < -0.39 is 0 Å². The molecule has 0 saturated carbocycles. The number of aromatic amines is 1. The molecule has 2 atom stereocenters. The summed E-state index contributed by atoms with van der Waals surface area (Å²) in [5, 5.41) is 3.71. The van der Waals surface area contributed by atoms with E-state index in [1.54, 1.807) is 16.7 Å². The van der Waals surface area contributed by atoms with Crippen LogP contribution < -0.4 is 4.68 Å². The fraction of sp³-hybridized carbons (Fsp3) is 0.591. The van der Waals surface area contributed by atoms with Gasteiger partial charge in [0.1, 0.15) is 0 Å². The van der Waals surface area contributed by atoms with Crippen molar-refractivity contribution in [3.8, 4) is 0 Å². The van der Waals surface area contributed by atoms with Crippen LogP contribution in [0.25, 0.3) is 0 Å². The van der Waals surface area contributed by atoms with E-state index in [4.69, 9.17) is 0 Å². The summed E-state index contributed by atoms with van der Waals surface area (Å²) in [6.45, 7) is 8.29. The van der Waals surface area contributed by atoms with E-state index in [2.05, 4.69) is 61.0 Å². The molecule has 0 aliphatic heterocycles. The molecule has 1 aromatic carbocycles. The third-order valence-corrected chi connectivity index (χ3v) is 6.54. The molecule has 0 saturated heterocycles. The molecule has 2 heteroatoms. The molecule has 128 valence electrons. The van der Waals surface area contributed by atoms with Crippen molar-refractivity contribution in [3.63, 3.8) is 0 Å². The van der Waals surface area contributed by atoms with Crippen LogP contribution >= 0.6 is 0 Å². The van der Waals surface area contributed by atoms with Gasteiger partial charge < -0.3 is 0 Å². The molecule has 0 radical (unpaired) electrons. The van der Waals surface area contributed by atoms with Crippen LogP contribution in [0.15, 0.2) is 30.5 Å². The van der Waals surface area contributed by atoms with Crippen molar-refractivity contribution in [1.29, 1.82) is 0 Å². The predicted molar refractivity (Wildman–Crippen MR) is 97.8 cm³/mol. The van der Waals surface area contributed by atoms with Gasteiger partial charge in [-0.1, -0.05) is 45.0 Å². The van der Waals surface area contributed by atoms with E-state index >= 15 is 0 Å². The van der Waals surface area contributed by atoms with E-state index in [1.807, 2.05) is 0 Å². The van der Waals surface area contributed by atoms with Gasteiger partial charge in [-0.05, 0) is 61.0 Å². The maximum atomic E-state index is 3.71. The molecule has 2 nitrogen and oxygen atoms in total. The number of hydrogen-bond acceptors (Lipinski definition) is 0. The average molecular weight is 324 g/mol. The maximum absolute atomic E-state index is 3.71. The Morgan fingerprint density at radius 1 is 1.00 bits per heavy atom. The number of nitrogens with one attached hydrogen (secondary N) is 1. The Morgan fingerprint density at radius 2 is 1.71 bits per heavy atom. The predicted octanol–water partition coefficient (Wildman–Crippen LogP) is 4.11. The second-order valence-electron chi connectivity index (χ2n) is 8.56. The van der Waals surface area contributed by atoms with Crippen LogP contribution in [0, 0.1) is 23.7 Å². The smallest absolute Gasteiger partial charge is 0.170 e. The lowest BCUT2D eigenvalue weighted by atomic mass is 9.81. The lowest BCUT2D eigenvalue weighted by molar-refractivity contribution is -0.756. The molecule has 0 amide bonds. The van der Waals surface area contributed by atoms with E-state index in [-0.39, 0.29) is 0 Å². The molecule has 1 aromatic heterocycles. The number of fused-ring (bicyclic) bond motifs is 2. The van der Waals surface area contributed by atoms with Crippen LogP contribution in [0.2, 0.25) is 0 Å². The molecule has 2 unspecified atom stereocenters. The van der Waals surface area contributed by atoms with Crippen LogP contribution in [-0.4, -0.2) is 5.10 Å². The molecule has 4 rings (SSSR count). The Morgan fingerprint density at radius 3 is 2.38 bits per heavy atom. The maximum Gasteiger partial charge on any atom is 0.198 e. The SMILES string of the molecule is CC(C)C1CCc2c[n+](CC(C)C3Cc4ccccc4C3)[nH]c2C1. The van der Waals surface area contributed by atoms with Gasteiger partial charge in [-0.3, -0.25) is 0 Å². The number of benzene rings is 1.